The molecule has 1 aromatic carbocycles. The van der Waals surface area contributed by atoms with E-state index in [9.17, 15) is 4.79 Å². The molecule has 3 rings (SSSR count). The van der Waals surface area contributed by atoms with Crippen molar-refractivity contribution in [3.8, 4) is 11.3 Å². The first kappa shape index (κ1) is 14.1. The largest absolute Gasteiger partial charge is 0.382 e. The van der Waals surface area contributed by atoms with Crippen LogP contribution in [0.25, 0.3) is 11.3 Å². The Morgan fingerprint density at radius 3 is 2.81 bits per heavy atom. The molecular formula is C14H12Cl2N4O. The highest BCUT2D eigenvalue weighted by Gasteiger charge is 2.22. The van der Waals surface area contributed by atoms with Crippen LogP contribution < -0.4 is 11.1 Å². The molecule has 0 radical (unpaired) electrons. The minimum absolute atomic E-state index is 0.241. The molecule has 0 aliphatic carbocycles. The number of aromatic nitrogens is 2. The molecule has 0 fully saturated rings. The highest BCUT2D eigenvalue weighted by molar-refractivity contribution is 6.43. The second kappa shape index (κ2) is 5.50. The molecule has 0 saturated carbocycles. The average molecular weight is 323 g/mol. The normalized spacial score (nSPS) is 14.3. The summed E-state index contributed by atoms with van der Waals surface area (Å²) >= 11 is 12.2. The molecule has 0 atom stereocenters. The van der Waals surface area contributed by atoms with Crippen LogP contribution in [0.15, 0.2) is 18.2 Å². The number of hydrogen-bond donors (Lipinski definition) is 2. The van der Waals surface area contributed by atoms with Crippen LogP contribution in [0, 0.1) is 0 Å². The Kier molecular flexibility index (Phi) is 3.69. The maximum absolute atomic E-state index is 12.0. The molecule has 21 heavy (non-hydrogen) atoms. The predicted molar refractivity (Wildman–Crippen MR) is 82.6 cm³/mol. The lowest BCUT2D eigenvalue weighted by molar-refractivity contribution is 0.0951. The molecule has 2 aromatic rings. The van der Waals surface area contributed by atoms with Crippen molar-refractivity contribution >= 4 is 34.9 Å². The van der Waals surface area contributed by atoms with Gasteiger partial charge in [-0.05, 0) is 18.9 Å². The van der Waals surface area contributed by atoms with Crippen molar-refractivity contribution in [2.24, 2.45) is 0 Å². The third-order valence-electron chi connectivity index (χ3n) is 3.29. The Labute approximate surface area is 131 Å². The minimum Gasteiger partial charge on any atom is -0.382 e. The zero-order valence-electron chi connectivity index (χ0n) is 11.0. The van der Waals surface area contributed by atoms with Gasteiger partial charge >= 0.3 is 0 Å². The van der Waals surface area contributed by atoms with E-state index in [1.165, 1.54) is 0 Å². The fraction of sp³-hybridized carbons (Fsp3) is 0.214. The summed E-state index contributed by atoms with van der Waals surface area (Å²) in [5.41, 5.74) is 7.84. The molecule has 2 heterocycles. The lowest BCUT2D eigenvalue weighted by Crippen LogP contribution is -2.24. The summed E-state index contributed by atoms with van der Waals surface area (Å²) in [6, 6.07) is 5.17. The van der Waals surface area contributed by atoms with Gasteiger partial charge in [0.25, 0.3) is 5.91 Å². The van der Waals surface area contributed by atoms with Crippen LogP contribution in [0.4, 0.5) is 5.82 Å². The summed E-state index contributed by atoms with van der Waals surface area (Å²) in [6.45, 7) is 0.601. The number of nitrogens with two attached hydrogens (primary N) is 1. The van der Waals surface area contributed by atoms with Gasteiger partial charge in [0.2, 0.25) is 0 Å². The van der Waals surface area contributed by atoms with E-state index >= 15 is 0 Å². The number of nitrogens with one attached hydrogen (secondary N) is 1. The van der Waals surface area contributed by atoms with E-state index in [0.29, 0.717) is 45.7 Å². The van der Waals surface area contributed by atoms with E-state index in [4.69, 9.17) is 28.9 Å². The molecule has 0 bridgehead atoms. The Bertz CT molecular complexity index is 733. The number of benzene rings is 1. The van der Waals surface area contributed by atoms with Crippen molar-refractivity contribution in [3.63, 3.8) is 0 Å². The van der Waals surface area contributed by atoms with Crippen LogP contribution in [0.5, 0.6) is 0 Å². The maximum atomic E-state index is 12.0. The molecular weight excluding hydrogens is 311 g/mol. The van der Waals surface area contributed by atoms with Gasteiger partial charge in [0, 0.05) is 12.1 Å². The number of rotatable bonds is 1. The lowest BCUT2D eigenvalue weighted by Gasteiger charge is -2.11. The topological polar surface area (TPSA) is 80.9 Å². The van der Waals surface area contributed by atoms with Gasteiger partial charge in [-0.15, -0.1) is 0 Å². The fourth-order valence-corrected chi connectivity index (χ4v) is 2.66. The molecule has 5 nitrogen and oxygen atoms in total. The third-order valence-corrected chi connectivity index (χ3v) is 4.11. The monoisotopic (exact) mass is 322 g/mol. The Hall–Kier alpha value is -1.85. The molecule has 0 spiro atoms. The zero-order valence-corrected chi connectivity index (χ0v) is 12.5. The van der Waals surface area contributed by atoms with Gasteiger partial charge in [0.15, 0.2) is 5.69 Å². The summed E-state index contributed by atoms with van der Waals surface area (Å²) in [6.07, 6.45) is 1.47. The number of nitrogen functional groups attached to an aromatic ring is 1. The van der Waals surface area contributed by atoms with Gasteiger partial charge in [-0.2, -0.15) is 0 Å². The number of anilines is 1. The van der Waals surface area contributed by atoms with Crippen LogP contribution in [-0.2, 0) is 6.42 Å². The van der Waals surface area contributed by atoms with E-state index in [2.05, 4.69) is 15.3 Å². The van der Waals surface area contributed by atoms with E-state index in [-0.39, 0.29) is 11.7 Å². The lowest BCUT2D eigenvalue weighted by atomic mass is 10.1. The van der Waals surface area contributed by atoms with E-state index in [0.717, 1.165) is 6.42 Å². The maximum Gasteiger partial charge on any atom is 0.271 e. The second-order valence-corrected chi connectivity index (χ2v) is 5.50. The number of nitrogens with zero attached hydrogens (tertiary/aromatic N) is 2. The van der Waals surface area contributed by atoms with Crippen molar-refractivity contribution in [2.45, 2.75) is 12.8 Å². The van der Waals surface area contributed by atoms with Crippen LogP contribution >= 0.6 is 23.2 Å². The minimum atomic E-state index is -0.241. The van der Waals surface area contributed by atoms with Crippen molar-refractivity contribution in [3.05, 3.63) is 39.6 Å². The second-order valence-electron chi connectivity index (χ2n) is 4.71. The molecule has 1 aromatic heterocycles. The number of carbonyl (C=O) groups excluding carboxylic acids is 1. The highest BCUT2D eigenvalue weighted by Crippen LogP contribution is 2.35. The Balaban J connectivity index is 2.20. The molecule has 1 aliphatic heterocycles. The zero-order chi connectivity index (χ0) is 15.0. The molecule has 3 N–H and O–H groups in total. The van der Waals surface area contributed by atoms with Crippen molar-refractivity contribution in [2.75, 3.05) is 12.3 Å². The van der Waals surface area contributed by atoms with Crippen LogP contribution in [-0.4, -0.2) is 22.4 Å². The number of amides is 1. The van der Waals surface area contributed by atoms with Gasteiger partial charge in [-0.3, -0.25) is 4.79 Å². The summed E-state index contributed by atoms with van der Waals surface area (Å²) in [5.74, 6) is 0.00187. The number of halogens is 2. The predicted octanol–water partition coefficient (Wildman–Crippen LogP) is 2.71. The van der Waals surface area contributed by atoms with Crippen molar-refractivity contribution < 1.29 is 4.79 Å². The standard InChI is InChI=1S/C14H12Cl2N4O/c15-8-4-1-3-7(10(8)16)11-13(17)19-9-5-2-6-18-14(21)12(9)20-11/h1,3-4H,2,5-6H2,(H2,17,19)(H,18,21). The third kappa shape index (κ3) is 2.54. The summed E-state index contributed by atoms with van der Waals surface area (Å²) < 4.78 is 0. The van der Waals surface area contributed by atoms with Gasteiger partial charge in [0.1, 0.15) is 11.5 Å². The Morgan fingerprint density at radius 1 is 1.19 bits per heavy atom. The van der Waals surface area contributed by atoms with Crippen LogP contribution in [0.2, 0.25) is 10.0 Å². The molecule has 108 valence electrons. The van der Waals surface area contributed by atoms with Crippen molar-refractivity contribution in [1.29, 1.82) is 0 Å². The molecule has 1 aliphatic rings. The first-order valence-corrected chi connectivity index (χ1v) is 7.22. The first-order valence-electron chi connectivity index (χ1n) is 6.47. The molecule has 0 saturated heterocycles. The quantitative estimate of drug-likeness (QED) is 0.845. The van der Waals surface area contributed by atoms with E-state index in [1.807, 2.05) is 0 Å². The van der Waals surface area contributed by atoms with Gasteiger partial charge in [-0.1, -0.05) is 35.3 Å². The molecule has 0 unspecified atom stereocenters. The smallest absolute Gasteiger partial charge is 0.271 e. The summed E-state index contributed by atoms with van der Waals surface area (Å²) in [7, 11) is 0. The van der Waals surface area contributed by atoms with Crippen molar-refractivity contribution in [1.82, 2.24) is 15.3 Å². The number of carbonyl (C=O) groups is 1. The Morgan fingerprint density at radius 2 is 2.00 bits per heavy atom. The van der Waals surface area contributed by atoms with Crippen LogP contribution in [0.3, 0.4) is 0 Å². The highest BCUT2D eigenvalue weighted by atomic mass is 35.5. The SMILES string of the molecule is Nc1nc2c(nc1-c1cccc(Cl)c1Cl)C(=O)NCCC2. The van der Waals surface area contributed by atoms with E-state index in [1.54, 1.807) is 18.2 Å². The average Bonchev–Trinajstić information content (AvgIpc) is 2.63. The van der Waals surface area contributed by atoms with E-state index < -0.39 is 0 Å². The molecule has 7 heteroatoms. The molecule has 1 amide bonds. The number of fused-ring (bicyclic) bond motifs is 1. The van der Waals surface area contributed by atoms with Gasteiger partial charge in [-0.25, -0.2) is 9.97 Å². The van der Waals surface area contributed by atoms with Gasteiger partial charge in [0.05, 0.1) is 15.7 Å². The fourth-order valence-electron chi connectivity index (χ4n) is 2.27. The summed E-state index contributed by atoms with van der Waals surface area (Å²) in [4.78, 5) is 20.7. The number of hydrogen-bond acceptors (Lipinski definition) is 4. The van der Waals surface area contributed by atoms with Gasteiger partial charge < -0.3 is 11.1 Å². The first-order chi connectivity index (χ1) is 10.1. The number of aryl methyl sites for hydroxylation is 1. The van der Waals surface area contributed by atoms with Crippen LogP contribution in [0.1, 0.15) is 22.6 Å². The summed E-state index contributed by atoms with van der Waals surface area (Å²) in [5, 5.41) is 3.52.